The number of nitrogens with one attached hydrogen (secondary N) is 1. The Labute approximate surface area is 176 Å². The maximum atomic E-state index is 13.4. The molecule has 0 radical (unpaired) electrons. The number of anilines is 1. The molecule has 0 unspecified atom stereocenters. The van der Waals surface area contributed by atoms with E-state index in [0.29, 0.717) is 34.9 Å². The SMILES string of the molecule is CC(C)CCNC(=O)c1ccc2c(=O)n(-c3ccccc3)c(N3CCCC3)nc2c1. The van der Waals surface area contributed by atoms with Crippen LogP contribution in [-0.2, 0) is 0 Å². The van der Waals surface area contributed by atoms with Gasteiger partial charge < -0.3 is 10.2 Å². The van der Waals surface area contributed by atoms with Gasteiger partial charge in [0, 0.05) is 25.2 Å². The number of para-hydroxylation sites is 1. The molecule has 2 aromatic carbocycles. The summed E-state index contributed by atoms with van der Waals surface area (Å²) < 4.78 is 1.69. The Morgan fingerprint density at radius 1 is 1.10 bits per heavy atom. The van der Waals surface area contributed by atoms with Crippen molar-refractivity contribution in [2.45, 2.75) is 33.1 Å². The summed E-state index contributed by atoms with van der Waals surface area (Å²) in [6.45, 7) is 6.64. The van der Waals surface area contributed by atoms with Crippen molar-refractivity contribution in [2.75, 3.05) is 24.5 Å². The first-order chi connectivity index (χ1) is 14.5. The van der Waals surface area contributed by atoms with Gasteiger partial charge in [0.2, 0.25) is 5.95 Å². The normalized spacial score (nSPS) is 13.9. The lowest BCUT2D eigenvalue weighted by Gasteiger charge is -2.22. The number of benzene rings is 2. The van der Waals surface area contributed by atoms with Crippen molar-refractivity contribution >= 4 is 22.8 Å². The van der Waals surface area contributed by atoms with E-state index in [0.717, 1.165) is 38.0 Å². The number of hydrogen-bond acceptors (Lipinski definition) is 4. The monoisotopic (exact) mass is 404 g/mol. The summed E-state index contributed by atoms with van der Waals surface area (Å²) in [6.07, 6.45) is 3.10. The molecule has 1 N–H and O–H groups in total. The zero-order chi connectivity index (χ0) is 21.1. The molecule has 1 aliphatic rings. The highest BCUT2D eigenvalue weighted by molar-refractivity contribution is 5.97. The minimum atomic E-state index is -0.130. The van der Waals surface area contributed by atoms with E-state index in [9.17, 15) is 9.59 Å². The zero-order valence-corrected chi connectivity index (χ0v) is 17.6. The predicted molar refractivity (Wildman–Crippen MR) is 121 cm³/mol. The van der Waals surface area contributed by atoms with Crippen LogP contribution in [0.15, 0.2) is 53.3 Å². The molecular weight excluding hydrogens is 376 g/mol. The topological polar surface area (TPSA) is 67.2 Å². The molecule has 1 amide bonds. The third-order valence-electron chi connectivity index (χ3n) is 5.52. The average molecular weight is 405 g/mol. The predicted octanol–water partition coefficient (Wildman–Crippen LogP) is 3.76. The Balaban J connectivity index is 1.78. The third-order valence-corrected chi connectivity index (χ3v) is 5.52. The number of nitrogens with zero attached hydrogens (tertiary/aromatic N) is 3. The van der Waals surface area contributed by atoms with Crippen LogP contribution in [0.1, 0.15) is 43.5 Å². The van der Waals surface area contributed by atoms with Crippen molar-refractivity contribution in [1.29, 1.82) is 0 Å². The molecular formula is C24H28N4O2. The fraction of sp³-hybridized carbons (Fsp3) is 0.375. The van der Waals surface area contributed by atoms with Crippen molar-refractivity contribution in [3.05, 3.63) is 64.4 Å². The molecule has 1 aromatic heterocycles. The van der Waals surface area contributed by atoms with Gasteiger partial charge in [-0.05, 0) is 55.5 Å². The Kier molecular flexibility index (Phi) is 5.84. The zero-order valence-electron chi connectivity index (χ0n) is 17.6. The fourth-order valence-electron chi connectivity index (χ4n) is 3.83. The fourth-order valence-corrected chi connectivity index (χ4v) is 3.83. The lowest BCUT2D eigenvalue weighted by Crippen LogP contribution is -2.30. The molecule has 1 aliphatic heterocycles. The van der Waals surface area contributed by atoms with Crippen molar-refractivity contribution in [3.8, 4) is 5.69 Å². The van der Waals surface area contributed by atoms with Crippen LogP contribution in [0.25, 0.3) is 16.6 Å². The van der Waals surface area contributed by atoms with Crippen LogP contribution in [0, 0.1) is 5.92 Å². The quantitative estimate of drug-likeness (QED) is 0.679. The highest BCUT2D eigenvalue weighted by atomic mass is 16.1. The molecule has 30 heavy (non-hydrogen) atoms. The molecule has 0 aliphatic carbocycles. The molecule has 4 rings (SSSR count). The molecule has 3 aromatic rings. The second-order valence-corrected chi connectivity index (χ2v) is 8.25. The van der Waals surface area contributed by atoms with Crippen LogP contribution >= 0.6 is 0 Å². The van der Waals surface area contributed by atoms with Crippen LogP contribution in [0.2, 0.25) is 0 Å². The summed E-state index contributed by atoms with van der Waals surface area (Å²) >= 11 is 0. The summed E-state index contributed by atoms with van der Waals surface area (Å²) in [5.74, 6) is 1.05. The summed E-state index contributed by atoms with van der Waals surface area (Å²) in [4.78, 5) is 33.0. The molecule has 0 atom stereocenters. The smallest absolute Gasteiger partial charge is 0.267 e. The van der Waals surface area contributed by atoms with E-state index >= 15 is 0 Å². The van der Waals surface area contributed by atoms with Crippen LogP contribution in [-0.4, -0.2) is 35.1 Å². The standard InChI is InChI=1S/C24H28N4O2/c1-17(2)12-13-25-22(29)18-10-11-20-21(16-18)26-24(27-14-6-7-15-27)28(23(20)30)19-8-4-3-5-9-19/h3-5,8-11,16-17H,6-7,12-15H2,1-2H3,(H,25,29). The van der Waals surface area contributed by atoms with E-state index in [1.165, 1.54) is 0 Å². The van der Waals surface area contributed by atoms with E-state index in [1.807, 2.05) is 30.3 Å². The first kappa shape index (κ1) is 20.1. The lowest BCUT2D eigenvalue weighted by atomic mass is 10.1. The van der Waals surface area contributed by atoms with Crippen LogP contribution in [0.5, 0.6) is 0 Å². The number of hydrogen-bond donors (Lipinski definition) is 1. The molecule has 0 spiro atoms. The van der Waals surface area contributed by atoms with Gasteiger partial charge in [0.05, 0.1) is 16.6 Å². The summed E-state index contributed by atoms with van der Waals surface area (Å²) in [7, 11) is 0. The van der Waals surface area contributed by atoms with Crippen molar-refractivity contribution in [1.82, 2.24) is 14.9 Å². The van der Waals surface area contributed by atoms with E-state index in [1.54, 1.807) is 22.8 Å². The van der Waals surface area contributed by atoms with Gasteiger partial charge in [-0.15, -0.1) is 0 Å². The van der Waals surface area contributed by atoms with Gasteiger partial charge in [0.15, 0.2) is 0 Å². The summed E-state index contributed by atoms with van der Waals surface area (Å²) in [5, 5.41) is 3.47. The Morgan fingerprint density at radius 2 is 1.83 bits per heavy atom. The second-order valence-electron chi connectivity index (χ2n) is 8.25. The van der Waals surface area contributed by atoms with Gasteiger partial charge in [0.25, 0.3) is 11.5 Å². The van der Waals surface area contributed by atoms with Crippen molar-refractivity contribution < 1.29 is 4.79 Å². The molecule has 156 valence electrons. The third kappa shape index (κ3) is 4.08. The molecule has 0 saturated carbocycles. The van der Waals surface area contributed by atoms with Gasteiger partial charge in [-0.25, -0.2) is 9.55 Å². The number of carbonyl (C=O) groups is 1. The van der Waals surface area contributed by atoms with E-state index in [-0.39, 0.29) is 11.5 Å². The summed E-state index contributed by atoms with van der Waals surface area (Å²) in [5.41, 5.74) is 1.78. The van der Waals surface area contributed by atoms with Crippen LogP contribution in [0.3, 0.4) is 0 Å². The first-order valence-electron chi connectivity index (χ1n) is 10.7. The molecule has 6 heteroatoms. The maximum Gasteiger partial charge on any atom is 0.267 e. The van der Waals surface area contributed by atoms with Crippen LogP contribution in [0.4, 0.5) is 5.95 Å². The number of aromatic nitrogens is 2. The van der Waals surface area contributed by atoms with E-state index < -0.39 is 0 Å². The Hall–Kier alpha value is -3.15. The second kappa shape index (κ2) is 8.69. The van der Waals surface area contributed by atoms with Crippen molar-refractivity contribution in [3.63, 3.8) is 0 Å². The Bertz CT molecular complexity index is 1100. The van der Waals surface area contributed by atoms with Gasteiger partial charge in [-0.2, -0.15) is 0 Å². The van der Waals surface area contributed by atoms with Gasteiger partial charge >= 0.3 is 0 Å². The minimum Gasteiger partial charge on any atom is -0.352 e. The maximum absolute atomic E-state index is 13.4. The largest absolute Gasteiger partial charge is 0.352 e. The van der Waals surface area contributed by atoms with Crippen LogP contribution < -0.4 is 15.8 Å². The van der Waals surface area contributed by atoms with Gasteiger partial charge in [-0.3, -0.25) is 9.59 Å². The van der Waals surface area contributed by atoms with E-state index in [4.69, 9.17) is 4.98 Å². The highest BCUT2D eigenvalue weighted by Crippen LogP contribution is 2.23. The van der Waals surface area contributed by atoms with Gasteiger partial charge in [0.1, 0.15) is 0 Å². The molecule has 2 heterocycles. The van der Waals surface area contributed by atoms with Gasteiger partial charge in [-0.1, -0.05) is 32.0 Å². The number of fused-ring (bicyclic) bond motifs is 1. The molecule has 1 fully saturated rings. The highest BCUT2D eigenvalue weighted by Gasteiger charge is 2.21. The molecule has 6 nitrogen and oxygen atoms in total. The average Bonchev–Trinajstić information content (AvgIpc) is 3.28. The Morgan fingerprint density at radius 3 is 2.53 bits per heavy atom. The van der Waals surface area contributed by atoms with Crippen molar-refractivity contribution in [2.24, 2.45) is 5.92 Å². The minimum absolute atomic E-state index is 0.111. The summed E-state index contributed by atoms with van der Waals surface area (Å²) in [6, 6.07) is 14.8. The first-order valence-corrected chi connectivity index (χ1v) is 10.7. The molecule has 0 bridgehead atoms. The number of amides is 1. The number of rotatable bonds is 6. The number of carbonyl (C=O) groups excluding carboxylic acids is 1. The molecule has 1 saturated heterocycles. The lowest BCUT2D eigenvalue weighted by molar-refractivity contribution is 0.0952. The van der Waals surface area contributed by atoms with E-state index in [2.05, 4.69) is 24.1 Å².